The van der Waals surface area contributed by atoms with Gasteiger partial charge in [0.1, 0.15) is 5.25 Å². The quantitative estimate of drug-likeness (QED) is 0.607. The molecule has 6 nitrogen and oxygen atoms in total. The van der Waals surface area contributed by atoms with Gasteiger partial charge in [0.05, 0.1) is 11.4 Å². The summed E-state index contributed by atoms with van der Waals surface area (Å²) in [5.74, 6) is 0.284. The minimum Gasteiger partial charge on any atom is -0.368 e. The third kappa shape index (κ3) is 5.21. The van der Waals surface area contributed by atoms with Gasteiger partial charge in [0.2, 0.25) is 11.9 Å². The Morgan fingerprint density at radius 3 is 2.90 bits per heavy atom. The van der Waals surface area contributed by atoms with Crippen molar-refractivity contribution in [3.63, 3.8) is 0 Å². The van der Waals surface area contributed by atoms with Gasteiger partial charge >= 0.3 is 0 Å². The summed E-state index contributed by atoms with van der Waals surface area (Å²) >= 11 is 1.55. The molecule has 1 saturated heterocycles. The van der Waals surface area contributed by atoms with Crippen molar-refractivity contribution in [2.45, 2.75) is 80.5 Å². The molecule has 7 heteroatoms. The number of unbranched alkanes of at least 4 members (excludes halogenated alkanes) is 2. The lowest BCUT2D eigenvalue weighted by Gasteiger charge is -2.39. The van der Waals surface area contributed by atoms with Gasteiger partial charge in [0.25, 0.3) is 0 Å². The van der Waals surface area contributed by atoms with E-state index < -0.39 is 0 Å². The highest BCUT2D eigenvalue weighted by atomic mass is 32.2. The number of rotatable bonds is 7. The Balaban J connectivity index is 1.39. The third-order valence-electron chi connectivity index (χ3n) is 6.43. The number of fused-ring (bicyclic) bond motifs is 1. The molecule has 1 unspecified atom stereocenters. The van der Waals surface area contributed by atoms with Crippen LogP contribution in [0.5, 0.6) is 0 Å². The number of anilines is 2. The highest BCUT2D eigenvalue weighted by Gasteiger charge is 2.35. The van der Waals surface area contributed by atoms with E-state index in [0.29, 0.717) is 11.7 Å². The zero-order valence-corrected chi connectivity index (χ0v) is 19.3. The highest BCUT2D eigenvalue weighted by Crippen LogP contribution is 2.46. The van der Waals surface area contributed by atoms with Crippen LogP contribution in [-0.4, -0.2) is 34.0 Å². The van der Waals surface area contributed by atoms with Crippen LogP contribution < -0.4 is 16.0 Å². The molecule has 0 saturated carbocycles. The minimum absolute atomic E-state index is 0.0801. The van der Waals surface area contributed by atoms with Crippen molar-refractivity contribution < 1.29 is 4.79 Å². The van der Waals surface area contributed by atoms with E-state index in [1.807, 2.05) is 23.1 Å². The second-order valence-corrected chi connectivity index (χ2v) is 10.3. The van der Waals surface area contributed by atoms with Crippen molar-refractivity contribution in [1.82, 2.24) is 15.3 Å². The summed E-state index contributed by atoms with van der Waals surface area (Å²) in [7, 11) is 0. The minimum atomic E-state index is -0.382. The first kappa shape index (κ1) is 22.1. The number of amides is 1. The molecule has 0 radical (unpaired) electrons. The zero-order chi connectivity index (χ0) is 21.8. The summed E-state index contributed by atoms with van der Waals surface area (Å²) in [4.78, 5) is 24.7. The molecule has 2 aromatic rings. The predicted octanol–water partition coefficient (Wildman–Crippen LogP) is 4.72. The Bertz CT molecular complexity index is 922. The maximum Gasteiger partial charge on any atom is 0.246 e. The number of nitrogen functional groups attached to an aromatic ring is 1. The second kappa shape index (κ2) is 9.57. The van der Waals surface area contributed by atoms with Gasteiger partial charge in [0, 0.05) is 29.2 Å². The van der Waals surface area contributed by atoms with E-state index in [1.165, 1.54) is 32.1 Å². The molecular formula is C24H33N5OS. The number of nitrogens with zero attached hydrogens (tertiary/aromatic N) is 3. The molecule has 0 bridgehead atoms. The van der Waals surface area contributed by atoms with Crippen molar-refractivity contribution in [2.24, 2.45) is 0 Å². The number of para-hydroxylation sites is 1. The molecule has 31 heavy (non-hydrogen) atoms. The number of carbonyl (C=O) groups excluding carboxylic acids is 1. The molecule has 3 N–H and O–H groups in total. The number of carbonyl (C=O) groups is 1. The molecule has 1 aromatic heterocycles. The van der Waals surface area contributed by atoms with Gasteiger partial charge in [-0.15, -0.1) is 11.8 Å². The van der Waals surface area contributed by atoms with E-state index in [0.717, 1.165) is 30.0 Å². The fraction of sp³-hybridized carbons (Fsp3) is 0.542. The van der Waals surface area contributed by atoms with E-state index in [9.17, 15) is 4.79 Å². The van der Waals surface area contributed by atoms with Gasteiger partial charge in [-0.05, 0) is 57.7 Å². The molecule has 166 valence electrons. The molecule has 4 rings (SSSR count). The number of thioether (sulfide) groups is 1. The number of nitrogens with two attached hydrogens (primary N) is 1. The second-order valence-electron chi connectivity index (χ2n) is 9.10. The van der Waals surface area contributed by atoms with Crippen LogP contribution in [0.2, 0.25) is 0 Å². The number of aromatic nitrogens is 2. The average Bonchev–Trinajstić information content (AvgIpc) is 2.74. The number of hydrogen-bond acceptors (Lipinski definition) is 6. The smallest absolute Gasteiger partial charge is 0.246 e. The number of nitrogens with one attached hydrogen (secondary N) is 1. The van der Waals surface area contributed by atoms with Crippen molar-refractivity contribution >= 4 is 29.3 Å². The lowest BCUT2D eigenvalue weighted by molar-refractivity contribution is -0.118. The fourth-order valence-electron chi connectivity index (χ4n) is 4.87. The highest BCUT2D eigenvalue weighted by molar-refractivity contribution is 8.00. The van der Waals surface area contributed by atoms with Crippen LogP contribution in [0.1, 0.15) is 69.7 Å². The molecule has 1 aromatic carbocycles. The summed E-state index contributed by atoms with van der Waals surface area (Å²) in [5, 5.41) is 3.41. The van der Waals surface area contributed by atoms with Crippen LogP contribution >= 0.6 is 11.8 Å². The molecule has 1 fully saturated rings. The SMILES string of the molecule is C[C@H]1CCC[C@@](C)(CCCCCN2C(=O)C(c3ccnc(N)n3)Sc3ccccc32)N1. The number of hydrogen-bond donors (Lipinski definition) is 2. The van der Waals surface area contributed by atoms with Crippen LogP contribution in [0.4, 0.5) is 11.6 Å². The number of piperidine rings is 1. The van der Waals surface area contributed by atoms with E-state index in [2.05, 4.69) is 35.2 Å². The van der Waals surface area contributed by atoms with Crippen molar-refractivity contribution in [3.8, 4) is 0 Å². The van der Waals surface area contributed by atoms with Gasteiger partial charge in [-0.3, -0.25) is 4.79 Å². The Kier molecular flexibility index (Phi) is 6.82. The molecule has 0 aliphatic carbocycles. The van der Waals surface area contributed by atoms with Gasteiger partial charge < -0.3 is 16.0 Å². The van der Waals surface area contributed by atoms with Gasteiger partial charge in [-0.2, -0.15) is 0 Å². The topological polar surface area (TPSA) is 84.1 Å². The first-order chi connectivity index (χ1) is 15.0. The van der Waals surface area contributed by atoms with Gasteiger partial charge in [-0.1, -0.05) is 31.4 Å². The van der Waals surface area contributed by atoms with E-state index >= 15 is 0 Å². The standard InChI is InChI=1S/C24H33N5OS/c1-17-9-8-14-24(2,28-17)13-6-3-7-16-29-19-10-4-5-11-20(19)31-21(22(29)30)18-12-15-26-23(25)27-18/h4-5,10-12,15,17,21,28H,3,6-9,13-14,16H2,1-2H3,(H2,25,26,27)/t17-,21?,24+/m0/s1. The van der Waals surface area contributed by atoms with Crippen LogP contribution in [-0.2, 0) is 4.79 Å². The predicted molar refractivity (Wildman–Crippen MR) is 127 cm³/mol. The lowest BCUT2D eigenvalue weighted by atomic mass is 9.84. The van der Waals surface area contributed by atoms with E-state index in [4.69, 9.17) is 5.73 Å². The molecule has 2 aliphatic heterocycles. The first-order valence-corrected chi connectivity index (χ1v) is 12.3. The van der Waals surface area contributed by atoms with Crippen molar-refractivity contribution in [1.29, 1.82) is 0 Å². The maximum atomic E-state index is 13.4. The Morgan fingerprint density at radius 2 is 2.10 bits per heavy atom. The largest absolute Gasteiger partial charge is 0.368 e. The molecular weight excluding hydrogens is 406 g/mol. The molecule has 3 heterocycles. The molecule has 3 atom stereocenters. The normalized spacial score (nSPS) is 26.0. The molecule has 1 amide bonds. The summed E-state index contributed by atoms with van der Waals surface area (Å²) in [5.41, 5.74) is 7.72. The van der Waals surface area contributed by atoms with E-state index in [-0.39, 0.29) is 22.6 Å². The fourth-order valence-corrected chi connectivity index (χ4v) is 6.06. The van der Waals surface area contributed by atoms with Crippen LogP contribution in [0, 0.1) is 0 Å². The summed E-state index contributed by atoms with van der Waals surface area (Å²) in [6.45, 7) is 5.38. The van der Waals surface area contributed by atoms with Crippen LogP contribution in [0.15, 0.2) is 41.4 Å². The first-order valence-electron chi connectivity index (χ1n) is 11.4. The maximum absolute atomic E-state index is 13.4. The summed E-state index contributed by atoms with van der Waals surface area (Å²) in [6, 6.07) is 10.5. The summed E-state index contributed by atoms with van der Waals surface area (Å²) < 4.78 is 0. The Morgan fingerprint density at radius 1 is 1.26 bits per heavy atom. The summed E-state index contributed by atoms with van der Waals surface area (Å²) in [6.07, 6.45) is 9.97. The lowest BCUT2D eigenvalue weighted by Crippen LogP contribution is -2.50. The zero-order valence-electron chi connectivity index (χ0n) is 18.5. The molecule has 2 aliphatic rings. The third-order valence-corrected chi connectivity index (χ3v) is 7.70. The Hall–Kier alpha value is -2.12. The average molecular weight is 440 g/mol. The Labute approximate surface area is 189 Å². The van der Waals surface area contributed by atoms with Crippen LogP contribution in [0.25, 0.3) is 0 Å². The van der Waals surface area contributed by atoms with Crippen molar-refractivity contribution in [2.75, 3.05) is 17.2 Å². The van der Waals surface area contributed by atoms with Gasteiger partial charge in [0.15, 0.2) is 0 Å². The van der Waals surface area contributed by atoms with E-state index in [1.54, 1.807) is 24.0 Å². The molecule has 0 spiro atoms. The van der Waals surface area contributed by atoms with Crippen LogP contribution in [0.3, 0.4) is 0 Å². The monoisotopic (exact) mass is 439 g/mol. The number of benzene rings is 1. The van der Waals surface area contributed by atoms with Crippen molar-refractivity contribution in [3.05, 3.63) is 42.2 Å². The van der Waals surface area contributed by atoms with Gasteiger partial charge in [-0.25, -0.2) is 9.97 Å².